The second-order valence-corrected chi connectivity index (χ2v) is 3.66. The van der Waals surface area contributed by atoms with Crippen LogP contribution >= 0.6 is 0 Å². The van der Waals surface area contributed by atoms with Crippen molar-refractivity contribution >= 4 is 11.3 Å². The molecule has 0 radical (unpaired) electrons. The molecule has 0 spiro atoms. The number of aromatic nitrogens is 3. The Bertz CT molecular complexity index is 466. The van der Waals surface area contributed by atoms with Gasteiger partial charge in [0.15, 0.2) is 5.82 Å². The van der Waals surface area contributed by atoms with Gasteiger partial charge in [-0.3, -0.25) is 0 Å². The van der Waals surface area contributed by atoms with Gasteiger partial charge >= 0.3 is 0 Å². The largest absolute Gasteiger partial charge is 0.385 e. The summed E-state index contributed by atoms with van der Waals surface area (Å²) >= 11 is 0. The van der Waals surface area contributed by atoms with Gasteiger partial charge in [-0.2, -0.15) is 5.10 Å². The summed E-state index contributed by atoms with van der Waals surface area (Å²) in [5, 5.41) is 7.61. The van der Waals surface area contributed by atoms with E-state index in [1.54, 1.807) is 13.3 Å². The number of nitrogens with one attached hydrogen (secondary N) is 1. The lowest BCUT2D eigenvalue weighted by atomic mass is 10.4. The van der Waals surface area contributed by atoms with Crippen LogP contribution in [0.4, 0.5) is 5.82 Å². The molecule has 0 amide bonds. The Labute approximate surface area is 94.4 Å². The fourth-order valence-electron chi connectivity index (χ4n) is 1.60. The Morgan fingerprint density at radius 2 is 2.38 bits per heavy atom. The first-order valence-electron chi connectivity index (χ1n) is 5.35. The van der Waals surface area contributed by atoms with Gasteiger partial charge in [0.25, 0.3) is 0 Å². The van der Waals surface area contributed by atoms with Crippen molar-refractivity contribution in [2.75, 3.05) is 25.6 Å². The maximum atomic E-state index is 4.99. The number of fused-ring (bicyclic) bond motifs is 1. The highest BCUT2D eigenvalue weighted by Crippen LogP contribution is 2.14. The van der Waals surface area contributed by atoms with E-state index in [4.69, 9.17) is 4.74 Å². The molecular formula is C11H16N4O. The molecule has 0 aromatic carbocycles. The van der Waals surface area contributed by atoms with E-state index in [1.165, 1.54) is 0 Å². The average molecular weight is 220 g/mol. The third-order valence-corrected chi connectivity index (χ3v) is 2.33. The van der Waals surface area contributed by atoms with Crippen molar-refractivity contribution in [2.45, 2.75) is 13.3 Å². The Hall–Kier alpha value is -1.62. The minimum Gasteiger partial charge on any atom is -0.385 e. The van der Waals surface area contributed by atoms with E-state index in [1.807, 2.05) is 23.7 Å². The topological polar surface area (TPSA) is 51.5 Å². The second-order valence-electron chi connectivity index (χ2n) is 3.66. The average Bonchev–Trinajstić information content (AvgIpc) is 2.65. The van der Waals surface area contributed by atoms with Gasteiger partial charge in [-0.1, -0.05) is 0 Å². The van der Waals surface area contributed by atoms with Crippen molar-refractivity contribution in [2.24, 2.45) is 0 Å². The molecule has 5 nitrogen and oxygen atoms in total. The fraction of sp³-hybridized carbons (Fsp3) is 0.455. The molecule has 2 rings (SSSR count). The third kappa shape index (κ3) is 2.30. The summed E-state index contributed by atoms with van der Waals surface area (Å²) in [6.45, 7) is 3.58. The first-order valence-corrected chi connectivity index (χ1v) is 5.35. The van der Waals surface area contributed by atoms with Gasteiger partial charge in [0.05, 0.1) is 5.69 Å². The van der Waals surface area contributed by atoms with Gasteiger partial charge in [0, 0.05) is 32.7 Å². The molecule has 86 valence electrons. The molecule has 5 heteroatoms. The minimum atomic E-state index is 0.758. The number of anilines is 1. The Kier molecular flexibility index (Phi) is 3.36. The van der Waals surface area contributed by atoms with Crippen LogP contribution in [0, 0.1) is 6.92 Å². The van der Waals surface area contributed by atoms with Crippen LogP contribution in [0.15, 0.2) is 18.5 Å². The summed E-state index contributed by atoms with van der Waals surface area (Å²) in [7, 11) is 1.71. The lowest BCUT2D eigenvalue weighted by Crippen LogP contribution is -2.07. The number of hydrogen-bond acceptors (Lipinski definition) is 4. The predicted octanol–water partition coefficient (Wildman–Crippen LogP) is 1.49. The molecular weight excluding hydrogens is 204 g/mol. The lowest BCUT2D eigenvalue weighted by Gasteiger charge is -2.05. The summed E-state index contributed by atoms with van der Waals surface area (Å²) < 4.78 is 6.83. The molecule has 0 aliphatic rings. The van der Waals surface area contributed by atoms with Crippen LogP contribution in [0.5, 0.6) is 0 Å². The molecule has 0 aliphatic carbocycles. The maximum absolute atomic E-state index is 4.99. The molecule has 0 atom stereocenters. The van der Waals surface area contributed by atoms with E-state index in [0.29, 0.717) is 0 Å². The highest BCUT2D eigenvalue weighted by Gasteiger charge is 2.03. The van der Waals surface area contributed by atoms with Crippen LogP contribution in [0.25, 0.3) is 5.52 Å². The normalized spacial score (nSPS) is 10.9. The monoisotopic (exact) mass is 220 g/mol. The quantitative estimate of drug-likeness (QED) is 0.775. The van der Waals surface area contributed by atoms with Crippen LogP contribution in [0.2, 0.25) is 0 Å². The van der Waals surface area contributed by atoms with Crippen LogP contribution < -0.4 is 5.32 Å². The van der Waals surface area contributed by atoms with Gasteiger partial charge < -0.3 is 10.1 Å². The van der Waals surface area contributed by atoms with Gasteiger partial charge in [0.2, 0.25) is 0 Å². The molecule has 0 saturated heterocycles. The number of ether oxygens (including phenoxy) is 1. The van der Waals surface area contributed by atoms with Crippen LogP contribution in [0.3, 0.4) is 0 Å². The number of nitrogens with zero attached hydrogens (tertiary/aromatic N) is 3. The van der Waals surface area contributed by atoms with Crippen LogP contribution in [-0.2, 0) is 4.74 Å². The van der Waals surface area contributed by atoms with E-state index < -0.39 is 0 Å². The zero-order valence-electron chi connectivity index (χ0n) is 9.60. The molecule has 0 aliphatic heterocycles. The van der Waals surface area contributed by atoms with Crippen molar-refractivity contribution in [1.29, 1.82) is 0 Å². The number of aryl methyl sites for hydroxylation is 1. The van der Waals surface area contributed by atoms with E-state index in [2.05, 4.69) is 15.4 Å². The molecule has 2 heterocycles. The number of methoxy groups -OCH3 is 1. The fourth-order valence-corrected chi connectivity index (χ4v) is 1.60. The van der Waals surface area contributed by atoms with Gasteiger partial charge in [-0.05, 0) is 19.4 Å². The molecule has 0 fully saturated rings. The molecule has 0 bridgehead atoms. The van der Waals surface area contributed by atoms with E-state index in [9.17, 15) is 0 Å². The maximum Gasteiger partial charge on any atom is 0.152 e. The zero-order valence-corrected chi connectivity index (χ0v) is 9.60. The van der Waals surface area contributed by atoms with Crippen molar-refractivity contribution < 1.29 is 4.74 Å². The van der Waals surface area contributed by atoms with E-state index in [-0.39, 0.29) is 0 Å². The first kappa shape index (κ1) is 10.9. The zero-order chi connectivity index (χ0) is 11.4. The predicted molar refractivity (Wildman–Crippen MR) is 62.7 cm³/mol. The second kappa shape index (κ2) is 4.94. The molecule has 16 heavy (non-hydrogen) atoms. The minimum absolute atomic E-state index is 0.758. The van der Waals surface area contributed by atoms with Gasteiger partial charge in [-0.25, -0.2) is 9.50 Å². The number of rotatable bonds is 5. The molecule has 2 aromatic heterocycles. The third-order valence-electron chi connectivity index (χ3n) is 2.33. The SMILES string of the molecule is COCCCNc1nccn2nc(C)cc12. The smallest absolute Gasteiger partial charge is 0.152 e. The lowest BCUT2D eigenvalue weighted by molar-refractivity contribution is 0.198. The van der Waals surface area contributed by atoms with Crippen LogP contribution in [0.1, 0.15) is 12.1 Å². The van der Waals surface area contributed by atoms with Crippen molar-refractivity contribution in [3.8, 4) is 0 Å². The summed E-state index contributed by atoms with van der Waals surface area (Å²) in [5.41, 5.74) is 2.00. The molecule has 0 unspecified atom stereocenters. The molecule has 1 N–H and O–H groups in total. The van der Waals surface area contributed by atoms with Crippen molar-refractivity contribution in [3.05, 3.63) is 24.2 Å². The van der Waals surface area contributed by atoms with Gasteiger partial charge in [-0.15, -0.1) is 0 Å². The van der Waals surface area contributed by atoms with Crippen LogP contribution in [-0.4, -0.2) is 34.9 Å². The Morgan fingerprint density at radius 3 is 3.19 bits per heavy atom. The first-order chi connectivity index (χ1) is 7.81. The summed E-state index contributed by atoms with van der Waals surface area (Å²) in [4.78, 5) is 4.31. The van der Waals surface area contributed by atoms with Gasteiger partial charge in [0.1, 0.15) is 5.52 Å². The van der Waals surface area contributed by atoms with E-state index >= 15 is 0 Å². The number of hydrogen-bond donors (Lipinski definition) is 1. The van der Waals surface area contributed by atoms with Crippen molar-refractivity contribution in [3.63, 3.8) is 0 Å². The standard InChI is InChI=1S/C11H16N4O/c1-9-8-10-11(12-4-3-7-16-2)13-5-6-15(10)14-9/h5-6,8H,3-4,7H2,1-2H3,(H,12,13). The summed E-state index contributed by atoms with van der Waals surface area (Å²) in [6.07, 6.45) is 4.56. The Balaban J connectivity index is 2.11. The summed E-state index contributed by atoms with van der Waals surface area (Å²) in [5.74, 6) is 0.874. The van der Waals surface area contributed by atoms with Crippen molar-refractivity contribution in [1.82, 2.24) is 14.6 Å². The Morgan fingerprint density at radius 1 is 1.50 bits per heavy atom. The summed E-state index contributed by atoms with van der Waals surface area (Å²) in [6, 6.07) is 2.02. The highest BCUT2D eigenvalue weighted by molar-refractivity contribution is 5.67. The van der Waals surface area contributed by atoms with E-state index in [0.717, 1.165) is 36.6 Å². The highest BCUT2D eigenvalue weighted by atomic mass is 16.5. The molecule has 2 aromatic rings. The molecule has 0 saturated carbocycles.